The largest absolute Gasteiger partial charge is 0.493 e. The number of methoxy groups -OCH3 is 2. The molecule has 0 radical (unpaired) electrons. The molecule has 0 spiro atoms. The van der Waals surface area contributed by atoms with Crippen molar-refractivity contribution in [2.24, 2.45) is 0 Å². The second-order valence-electron chi connectivity index (χ2n) is 6.46. The molecule has 1 aromatic carbocycles. The Hall–Kier alpha value is -2.77. The number of benzene rings is 1. The number of nitrogens with one attached hydrogen (secondary N) is 1. The lowest BCUT2D eigenvalue weighted by atomic mass is 10.0. The molecule has 8 nitrogen and oxygen atoms in total. The molecule has 27 heavy (non-hydrogen) atoms. The zero-order valence-corrected chi connectivity index (χ0v) is 15.7. The van der Waals surface area contributed by atoms with E-state index in [9.17, 15) is 19.5 Å². The summed E-state index contributed by atoms with van der Waals surface area (Å²) >= 11 is 0. The molecule has 0 bridgehead atoms. The van der Waals surface area contributed by atoms with Crippen molar-refractivity contribution in [1.29, 1.82) is 0 Å². The number of rotatable bonds is 8. The molecule has 2 amide bonds. The minimum atomic E-state index is -1.04. The van der Waals surface area contributed by atoms with Crippen LogP contribution in [0, 0.1) is 0 Å². The first-order valence-electron chi connectivity index (χ1n) is 8.95. The smallest absolute Gasteiger partial charge is 0.305 e. The van der Waals surface area contributed by atoms with Crippen LogP contribution in [0.3, 0.4) is 0 Å². The second kappa shape index (κ2) is 9.80. The molecule has 0 saturated carbocycles. The third kappa shape index (κ3) is 5.87. The van der Waals surface area contributed by atoms with Crippen molar-refractivity contribution >= 4 is 17.8 Å². The molecule has 1 saturated heterocycles. The highest BCUT2D eigenvalue weighted by atomic mass is 16.5. The fraction of sp³-hybridized carbons (Fsp3) is 0.526. The summed E-state index contributed by atoms with van der Waals surface area (Å²) in [6, 6.07) is 4.25. The standard InChI is InChI=1S/C19H26N2O6/c1-26-15-8-7-13(10-16(15)27-2)14(11-19(24)25)20-17(22)12-21-9-5-3-4-6-18(21)23/h7-8,10,14H,3-6,9,11-12H2,1-2H3,(H,20,22)(H,24,25). The van der Waals surface area contributed by atoms with Crippen LogP contribution in [0.4, 0.5) is 0 Å². The SMILES string of the molecule is COc1ccc(C(CC(=O)O)NC(=O)CN2CCCCCC2=O)cc1OC. The van der Waals surface area contributed by atoms with Gasteiger partial charge in [0.05, 0.1) is 33.2 Å². The van der Waals surface area contributed by atoms with Crippen LogP contribution in [-0.4, -0.2) is 55.1 Å². The van der Waals surface area contributed by atoms with Gasteiger partial charge in [-0.05, 0) is 30.5 Å². The van der Waals surface area contributed by atoms with Crippen LogP contribution in [0.1, 0.15) is 43.7 Å². The molecule has 2 rings (SSSR count). The topological polar surface area (TPSA) is 105 Å². The van der Waals surface area contributed by atoms with Gasteiger partial charge in [0, 0.05) is 13.0 Å². The van der Waals surface area contributed by atoms with Crippen molar-refractivity contribution in [3.8, 4) is 11.5 Å². The van der Waals surface area contributed by atoms with E-state index in [1.807, 2.05) is 0 Å². The number of carboxylic acids is 1. The van der Waals surface area contributed by atoms with E-state index < -0.39 is 12.0 Å². The molecule has 2 N–H and O–H groups in total. The van der Waals surface area contributed by atoms with Crippen LogP contribution in [0.2, 0.25) is 0 Å². The maximum Gasteiger partial charge on any atom is 0.305 e. The van der Waals surface area contributed by atoms with Crippen LogP contribution in [0.15, 0.2) is 18.2 Å². The van der Waals surface area contributed by atoms with Crippen molar-refractivity contribution < 1.29 is 29.0 Å². The minimum Gasteiger partial charge on any atom is -0.493 e. The zero-order chi connectivity index (χ0) is 19.8. The van der Waals surface area contributed by atoms with E-state index in [0.717, 1.165) is 19.3 Å². The fourth-order valence-electron chi connectivity index (χ4n) is 3.12. The van der Waals surface area contributed by atoms with Gasteiger partial charge in [-0.2, -0.15) is 0 Å². The van der Waals surface area contributed by atoms with Crippen molar-refractivity contribution in [2.75, 3.05) is 27.3 Å². The molecule has 0 aliphatic carbocycles. The lowest BCUT2D eigenvalue weighted by Gasteiger charge is -2.23. The van der Waals surface area contributed by atoms with Gasteiger partial charge in [-0.25, -0.2) is 0 Å². The van der Waals surface area contributed by atoms with E-state index in [1.165, 1.54) is 19.1 Å². The van der Waals surface area contributed by atoms with E-state index >= 15 is 0 Å². The fourth-order valence-corrected chi connectivity index (χ4v) is 3.12. The summed E-state index contributed by atoms with van der Waals surface area (Å²) in [6.45, 7) is 0.481. The Morgan fingerprint density at radius 1 is 1.19 bits per heavy atom. The molecule has 0 aromatic heterocycles. The summed E-state index contributed by atoms with van der Waals surface area (Å²) in [5.41, 5.74) is 0.589. The molecule has 1 aromatic rings. The van der Waals surface area contributed by atoms with Crippen molar-refractivity contribution in [3.05, 3.63) is 23.8 Å². The number of ether oxygens (including phenoxy) is 2. The number of amides is 2. The molecule has 1 aliphatic heterocycles. The number of hydrogen-bond donors (Lipinski definition) is 2. The van der Waals surface area contributed by atoms with Crippen molar-refractivity contribution in [1.82, 2.24) is 10.2 Å². The summed E-state index contributed by atoms with van der Waals surface area (Å²) in [6.07, 6.45) is 2.84. The van der Waals surface area contributed by atoms with E-state index in [4.69, 9.17) is 9.47 Å². The van der Waals surface area contributed by atoms with Gasteiger partial charge < -0.3 is 24.8 Å². The molecule has 148 valence electrons. The molecule has 1 aliphatic rings. The van der Waals surface area contributed by atoms with E-state index in [-0.39, 0.29) is 24.8 Å². The highest BCUT2D eigenvalue weighted by Gasteiger charge is 2.23. The monoisotopic (exact) mass is 378 g/mol. The molecule has 1 unspecified atom stereocenters. The van der Waals surface area contributed by atoms with Gasteiger partial charge in [-0.15, -0.1) is 0 Å². The Kier molecular flexibility index (Phi) is 7.45. The molecular weight excluding hydrogens is 352 g/mol. The quantitative estimate of drug-likeness (QED) is 0.714. The Balaban J connectivity index is 2.12. The molecule has 1 fully saturated rings. The van der Waals surface area contributed by atoms with Gasteiger partial charge in [-0.3, -0.25) is 14.4 Å². The van der Waals surface area contributed by atoms with Crippen molar-refractivity contribution in [3.63, 3.8) is 0 Å². The maximum atomic E-state index is 12.5. The number of carboxylic acid groups (broad SMARTS) is 1. The van der Waals surface area contributed by atoms with Gasteiger partial charge in [0.15, 0.2) is 11.5 Å². The summed E-state index contributed by atoms with van der Waals surface area (Å²) in [5.74, 6) is -0.505. The van der Waals surface area contributed by atoms with Gasteiger partial charge in [0.2, 0.25) is 11.8 Å². The number of hydrogen-bond acceptors (Lipinski definition) is 5. The highest BCUT2D eigenvalue weighted by molar-refractivity contribution is 5.85. The third-order valence-electron chi connectivity index (χ3n) is 4.53. The average molecular weight is 378 g/mol. The predicted octanol–water partition coefficient (Wildman–Crippen LogP) is 1.74. The van der Waals surface area contributed by atoms with Gasteiger partial charge in [0.25, 0.3) is 0 Å². The zero-order valence-electron chi connectivity index (χ0n) is 15.7. The van der Waals surface area contributed by atoms with E-state index in [0.29, 0.717) is 30.0 Å². The van der Waals surface area contributed by atoms with Crippen LogP contribution < -0.4 is 14.8 Å². The van der Waals surface area contributed by atoms with Crippen LogP contribution in [-0.2, 0) is 14.4 Å². The van der Waals surface area contributed by atoms with Crippen LogP contribution >= 0.6 is 0 Å². The summed E-state index contributed by atoms with van der Waals surface area (Å²) < 4.78 is 10.4. The Morgan fingerprint density at radius 2 is 1.93 bits per heavy atom. The lowest BCUT2D eigenvalue weighted by molar-refractivity contribution is -0.139. The molecule has 1 atom stereocenters. The molecule has 1 heterocycles. The van der Waals surface area contributed by atoms with Crippen LogP contribution in [0.25, 0.3) is 0 Å². The average Bonchev–Trinajstić information content (AvgIpc) is 2.84. The van der Waals surface area contributed by atoms with Gasteiger partial charge in [-0.1, -0.05) is 12.5 Å². The number of nitrogens with zero attached hydrogens (tertiary/aromatic N) is 1. The summed E-state index contributed by atoms with van der Waals surface area (Å²) in [5, 5.41) is 11.9. The lowest BCUT2D eigenvalue weighted by Crippen LogP contribution is -2.42. The van der Waals surface area contributed by atoms with Crippen molar-refractivity contribution in [2.45, 2.75) is 38.1 Å². The Labute approximate surface area is 158 Å². The summed E-state index contributed by atoms with van der Waals surface area (Å²) in [4.78, 5) is 37.3. The first-order valence-corrected chi connectivity index (χ1v) is 8.95. The number of carbonyl (C=O) groups excluding carboxylic acids is 2. The Bertz CT molecular complexity index is 691. The predicted molar refractivity (Wildman–Crippen MR) is 97.7 cm³/mol. The highest BCUT2D eigenvalue weighted by Crippen LogP contribution is 2.31. The number of likely N-dealkylation sites (tertiary alicyclic amines) is 1. The Morgan fingerprint density at radius 3 is 2.59 bits per heavy atom. The van der Waals surface area contributed by atoms with Crippen LogP contribution in [0.5, 0.6) is 11.5 Å². The van der Waals surface area contributed by atoms with Gasteiger partial charge in [0.1, 0.15) is 0 Å². The molecule has 8 heteroatoms. The summed E-state index contributed by atoms with van der Waals surface area (Å²) in [7, 11) is 2.99. The first-order chi connectivity index (χ1) is 12.9. The van der Waals surface area contributed by atoms with E-state index in [1.54, 1.807) is 18.2 Å². The normalized spacial score (nSPS) is 15.6. The second-order valence-corrected chi connectivity index (χ2v) is 6.46. The van der Waals surface area contributed by atoms with E-state index in [2.05, 4.69) is 5.32 Å². The minimum absolute atomic E-state index is 0.0384. The van der Waals surface area contributed by atoms with Gasteiger partial charge >= 0.3 is 5.97 Å². The number of aliphatic carboxylic acids is 1. The first kappa shape index (κ1) is 20.5. The molecular formula is C19H26N2O6. The maximum absolute atomic E-state index is 12.5. The number of carbonyl (C=O) groups is 3. The third-order valence-corrected chi connectivity index (χ3v) is 4.53.